The van der Waals surface area contributed by atoms with E-state index < -0.39 is 96.6 Å². The first-order chi connectivity index (χ1) is 39.4. The molecule has 0 bridgehead atoms. The van der Waals surface area contributed by atoms with E-state index in [2.05, 4.69) is 105 Å². The van der Waals surface area contributed by atoms with E-state index in [0.29, 0.717) is 67.5 Å². The van der Waals surface area contributed by atoms with Crippen LogP contribution >= 0.6 is 0 Å². The van der Waals surface area contributed by atoms with Crippen LogP contribution in [-0.4, -0.2) is 189 Å². The van der Waals surface area contributed by atoms with E-state index in [1.54, 1.807) is 55.9 Å². The predicted molar refractivity (Wildman–Crippen MR) is 379 cm³/mol. The predicted octanol–water partition coefficient (Wildman–Crippen LogP) is 13.7. The molecule has 0 N–H and O–H groups in total. The molecule has 0 aliphatic heterocycles. The molecule has 0 heterocycles. The van der Waals surface area contributed by atoms with Crippen LogP contribution in [-0.2, 0) is 94.8 Å². The third kappa shape index (κ3) is 61.3. The van der Waals surface area contributed by atoms with Gasteiger partial charge in [0.1, 0.15) is 19.8 Å². The zero-order chi connectivity index (χ0) is 70.6. The van der Waals surface area contributed by atoms with Crippen molar-refractivity contribution in [2.45, 2.75) is 204 Å². The molecule has 21 nitrogen and oxygen atoms in total. The number of hydrogen-bond donors (Lipinski definition) is 0. The average molecular weight is 1430 g/mol. The number of ether oxygens (including phenoxy) is 5. The molecule has 0 saturated heterocycles. The fraction of sp³-hybridized carbons (Fsp3) is 0.737. The van der Waals surface area contributed by atoms with Crippen molar-refractivity contribution in [2.75, 3.05) is 74.2 Å². The Hall–Kier alpha value is -2.22. The maximum atomic E-state index is 11.4. The molecule has 0 spiro atoms. The van der Waals surface area contributed by atoms with Gasteiger partial charge in [0.25, 0.3) is 0 Å². The molecule has 88 heavy (non-hydrogen) atoms. The third-order valence-electron chi connectivity index (χ3n) is 10.3. The maximum absolute atomic E-state index is 11.4. The Morgan fingerprint density at radius 3 is 0.784 bits per heavy atom. The monoisotopic (exact) mass is 1420 g/mol. The van der Waals surface area contributed by atoms with E-state index in [0.717, 1.165) is 18.9 Å². The van der Waals surface area contributed by atoms with Crippen molar-refractivity contribution in [1.82, 2.24) is 0 Å². The third-order valence-corrected chi connectivity index (χ3v) is 39.2. The van der Waals surface area contributed by atoms with Crippen molar-refractivity contribution in [3.05, 3.63) is 60.8 Å². The summed E-state index contributed by atoms with van der Waals surface area (Å²) in [4.78, 5) is 55.5. The summed E-state index contributed by atoms with van der Waals surface area (Å²) >= 11 is 0. The zero-order valence-electron chi connectivity index (χ0n) is 60.6. The molecule has 0 unspecified atom stereocenters. The standard InChI is InChI=1S/C15H36O6Si4.C13H30O6Si3.C10H20O4Si.C10H20O2Si.C9H18O3Si/c1-14(2)15(16)17-12-13-18-23(6,7)20-25(10,11)21-24(8,9)19-22(3,4)5;1-12(2)13(14)16-10-11-17-21(6,7)19-22(8,9)18-20(4,5)15-3;1-9(2)10(11)14-7-6-8-15(5,12-3)13-4;1-9(2)10(11)12-7-6-8-13(3,4)5;1-8(2)9(10)11-6-7-12-13(3,4)5/h1,12-13H2,2-11H3;1,10-11H2,2-9H3;1,6-8H2,2-5H3;1,6-8H2,2-5H3;1,6-7H2,2-5H3. The van der Waals surface area contributed by atoms with Crippen molar-refractivity contribution in [3.8, 4) is 0 Å². The molecule has 31 heteroatoms. The van der Waals surface area contributed by atoms with Crippen LogP contribution in [0, 0.1) is 0 Å². The highest BCUT2D eigenvalue weighted by Gasteiger charge is 2.44. The maximum Gasteiger partial charge on any atom is 0.334 e. The van der Waals surface area contributed by atoms with Crippen molar-refractivity contribution in [3.63, 3.8) is 0 Å². The first-order valence-corrected chi connectivity index (χ1v) is 59.5. The number of carbonyl (C=O) groups is 5. The Kier molecular flexibility index (Phi) is 47.7. The van der Waals surface area contributed by atoms with E-state index in [1.807, 2.05) is 72.0 Å². The molecule has 0 amide bonds. The second-order valence-electron chi connectivity index (χ2n) is 26.8. The van der Waals surface area contributed by atoms with E-state index in [1.165, 1.54) is 6.04 Å². The zero-order valence-corrected chi connectivity index (χ0v) is 70.6. The summed E-state index contributed by atoms with van der Waals surface area (Å²) in [6, 6.07) is 2.01. The molecule has 0 aromatic rings. The molecule has 0 aliphatic rings. The van der Waals surface area contributed by atoms with Crippen LogP contribution < -0.4 is 0 Å². The highest BCUT2D eigenvalue weighted by atomic mass is 28.5. The first kappa shape index (κ1) is 94.5. The fourth-order valence-corrected chi connectivity index (χ4v) is 38.5. The summed E-state index contributed by atoms with van der Waals surface area (Å²) in [6.07, 6.45) is 1.73. The van der Waals surface area contributed by atoms with Gasteiger partial charge in [-0.15, -0.1) is 0 Å². The summed E-state index contributed by atoms with van der Waals surface area (Å²) in [6.45, 7) is 74.0. The second-order valence-corrected chi connectivity index (χ2v) is 66.6. The average Bonchev–Trinajstić information content (AvgIpc) is 3.33. The quantitative estimate of drug-likeness (QED) is 0.0184. The van der Waals surface area contributed by atoms with Gasteiger partial charge >= 0.3 is 89.8 Å². The molecule has 0 aromatic heterocycles. The second kappa shape index (κ2) is 44.4. The van der Waals surface area contributed by atoms with Crippen molar-refractivity contribution in [2.24, 2.45) is 0 Å². The van der Waals surface area contributed by atoms with Gasteiger partial charge in [-0.1, -0.05) is 58.6 Å². The van der Waals surface area contributed by atoms with Crippen LogP contribution in [0.2, 0.25) is 156 Å². The lowest BCUT2D eigenvalue weighted by Crippen LogP contribution is -2.56. The molecule has 0 atom stereocenters. The minimum atomic E-state index is -2.40. The van der Waals surface area contributed by atoms with Crippen LogP contribution in [0.15, 0.2) is 60.8 Å². The van der Waals surface area contributed by atoms with Gasteiger partial charge < -0.3 is 70.8 Å². The van der Waals surface area contributed by atoms with E-state index in [-0.39, 0.29) is 31.1 Å². The summed E-state index contributed by atoms with van der Waals surface area (Å²) in [5.41, 5.74) is 2.08. The summed E-state index contributed by atoms with van der Waals surface area (Å²) in [5.74, 6) is -1.77. The van der Waals surface area contributed by atoms with Crippen LogP contribution in [0.25, 0.3) is 0 Å². The van der Waals surface area contributed by atoms with Crippen molar-refractivity contribution >= 4 is 114 Å². The molecular formula is C57H124O21Si10. The minimum absolute atomic E-state index is 0.187. The van der Waals surface area contributed by atoms with Gasteiger partial charge in [0.15, 0.2) is 16.6 Å². The minimum Gasteiger partial charge on any atom is -0.462 e. The first-order valence-electron chi connectivity index (χ1n) is 29.6. The highest BCUT2D eigenvalue weighted by molar-refractivity contribution is 6.88. The highest BCUT2D eigenvalue weighted by Crippen LogP contribution is 2.25. The van der Waals surface area contributed by atoms with Gasteiger partial charge in [-0.3, -0.25) is 0 Å². The lowest BCUT2D eigenvalue weighted by atomic mass is 10.4. The summed E-state index contributed by atoms with van der Waals surface area (Å²) in [5, 5.41) is 0. The van der Waals surface area contributed by atoms with Crippen LogP contribution in [0.1, 0.15) is 47.5 Å². The van der Waals surface area contributed by atoms with Crippen molar-refractivity contribution in [1.29, 1.82) is 0 Å². The number of esters is 5. The Labute approximate surface area is 544 Å². The van der Waals surface area contributed by atoms with Gasteiger partial charge in [0.05, 0.1) is 33.0 Å². The SMILES string of the molecule is C=C(C)C(=O)OCCC[Si](C)(C)C.C=C(C)C(=O)OCCC[Si](C)(OC)OC.C=C(C)C(=O)OCCO[Si](C)(C)C.C=C(C)C(=O)OCCO[Si](C)(C)O[Si](C)(C)O[Si](C)(C)OC.C=C(C)C(=O)OCCO[Si](C)(C)O[Si](C)(C)O[Si](C)(C)O[Si](C)(C)C. The number of rotatable bonds is 38. The molecule has 0 fully saturated rings. The summed E-state index contributed by atoms with van der Waals surface area (Å²) < 4.78 is 89.1. The smallest absolute Gasteiger partial charge is 0.334 e. The lowest BCUT2D eigenvalue weighted by Gasteiger charge is -2.39. The number of carbonyl (C=O) groups excluding carboxylic acids is 5. The molecule has 0 saturated carbocycles. The van der Waals surface area contributed by atoms with Gasteiger partial charge in [-0.25, -0.2) is 24.0 Å². The Bertz CT molecular complexity index is 2100. The fourth-order valence-electron chi connectivity index (χ4n) is 6.82. The normalized spacial score (nSPS) is 12.3. The van der Waals surface area contributed by atoms with E-state index in [4.69, 9.17) is 70.8 Å². The topological polar surface area (TPSA) is 233 Å². The van der Waals surface area contributed by atoms with Crippen LogP contribution in [0.5, 0.6) is 0 Å². The molecular weight excluding hydrogens is 1300 g/mol. The Balaban J connectivity index is -0.000000335. The van der Waals surface area contributed by atoms with Gasteiger partial charge in [-0.2, -0.15) is 0 Å². The van der Waals surface area contributed by atoms with Gasteiger partial charge in [-0.05, 0) is 178 Å². The van der Waals surface area contributed by atoms with Crippen LogP contribution in [0.4, 0.5) is 0 Å². The molecule has 0 aromatic carbocycles. The Morgan fingerprint density at radius 1 is 0.284 bits per heavy atom. The van der Waals surface area contributed by atoms with Crippen LogP contribution in [0.3, 0.4) is 0 Å². The molecule has 0 aliphatic carbocycles. The lowest BCUT2D eigenvalue weighted by molar-refractivity contribution is -0.140. The van der Waals surface area contributed by atoms with Crippen molar-refractivity contribution < 1.29 is 94.8 Å². The van der Waals surface area contributed by atoms with Gasteiger partial charge in [0, 0.05) is 57.3 Å². The summed E-state index contributed by atoms with van der Waals surface area (Å²) in [7, 11) is -15.1. The number of hydrogen-bond acceptors (Lipinski definition) is 21. The molecule has 518 valence electrons. The Morgan fingerprint density at radius 2 is 0.534 bits per heavy atom. The van der Waals surface area contributed by atoms with E-state index in [9.17, 15) is 24.0 Å². The molecule has 0 radical (unpaired) electrons. The molecule has 0 rings (SSSR count). The van der Waals surface area contributed by atoms with E-state index >= 15 is 0 Å². The largest absolute Gasteiger partial charge is 0.462 e. The van der Waals surface area contributed by atoms with Gasteiger partial charge in [0.2, 0.25) is 0 Å².